The van der Waals surface area contributed by atoms with Crippen molar-refractivity contribution in [2.45, 2.75) is 71.4 Å². The lowest BCUT2D eigenvalue weighted by molar-refractivity contribution is -0.00746. The Labute approximate surface area is 150 Å². The van der Waals surface area contributed by atoms with Crippen molar-refractivity contribution in [3.05, 3.63) is 0 Å². The summed E-state index contributed by atoms with van der Waals surface area (Å²) in [4.78, 5) is 13.9. The van der Waals surface area contributed by atoms with E-state index in [1.165, 1.54) is 0 Å². The van der Waals surface area contributed by atoms with Gasteiger partial charge in [0.2, 0.25) is 0 Å². The normalized spacial score (nSPS) is 18.8. The van der Waals surface area contributed by atoms with Crippen molar-refractivity contribution in [3.63, 3.8) is 0 Å². The zero-order valence-electron chi connectivity index (χ0n) is 16.3. The molecule has 1 unspecified atom stereocenters. The van der Waals surface area contributed by atoms with Gasteiger partial charge in [-0.2, -0.15) is 0 Å². The summed E-state index contributed by atoms with van der Waals surface area (Å²) in [7, 11) is 0. The van der Waals surface area contributed by atoms with Crippen LogP contribution in [0.5, 0.6) is 0 Å². The zero-order valence-corrected chi connectivity index (χ0v) is 16.3. The summed E-state index contributed by atoms with van der Waals surface area (Å²) in [6.07, 6.45) is 2.41. The van der Waals surface area contributed by atoms with Crippen LogP contribution in [0.25, 0.3) is 0 Å². The predicted molar refractivity (Wildman–Crippen MR) is 96.1 cm³/mol. The summed E-state index contributed by atoms with van der Waals surface area (Å²) in [5.74, 6) is -2.59. The van der Waals surface area contributed by atoms with E-state index < -0.39 is 30.7 Å². The molecular weight excluding hydrogens is 328 g/mol. The first-order chi connectivity index (χ1) is 11.5. The third kappa shape index (κ3) is 9.35. The van der Waals surface area contributed by atoms with E-state index in [-0.39, 0.29) is 6.04 Å². The lowest BCUT2D eigenvalue weighted by Gasteiger charge is -2.35. The lowest BCUT2D eigenvalue weighted by atomic mass is 9.90. The minimum Gasteiger partial charge on any atom is -0.444 e. The second-order valence-electron chi connectivity index (χ2n) is 8.06. The fraction of sp³-hybridized carbons (Fsp3) is 0.944. The van der Waals surface area contributed by atoms with Gasteiger partial charge in [-0.25, -0.2) is 13.6 Å². The first kappa shape index (κ1) is 22.1. The monoisotopic (exact) mass is 363 g/mol. The Kier molecular flexibility index (Phi) is 8.54. The molecule has 1 rings (SSSR count). The van der Waals surface area contributed by atoms with Gasteiger partial charge in [0.05, 0.1) is 13.1 Å². The number of nitrogens with one attached hydrogen (secondary N) is 2. The highest BCUT2D eigenvalue weighted by atomic mass is 19.3. The fourth-order valence-electron chi connectivity index (χ4n) is 3.05. The molecule has 2 N–H and O–H groups in total. The second-order valence-corrected chi connectivity index (χ2v) is 8.06. The first-order valence-electron chi connectivity index (χ1n) is 9.33. The van der Waals surface area contributed by atoms with Crippen LogP contribution in [0.2, 0.25) is 0 Å². The number of halogens is 2. The van der Waals surface area contributed by atoms with Gasteiger partial charge in [-0.3, -0.25) is 0 Å². The molecule has 7 heteroatoms. The maximum atomic E-state index is 14.0. The quantitative estimate of drug-likeness (QED) is 0.695. The molecule has 0 saturated carbocycles. The maximum absolute atomic E-state index is 14.0. The lowest BCUT2D eigenvalue weighted by Crippen LogP contribution is -2.49. The SMILES string of the molecule is CCCN1CCC(C(C)NCC(F)(F)CNC(=O)OC(C)(C)C)CC1. The number of piperidine rings is 1. The van der Waals surface area contributed by atoms with Gasteiger partial charge in [0.25, 0.3) is 5.92 Å². The van der Waals surface area contributed by atoms with E-state index in [1.54, 1.807) is 20.8 Å². The molecule has 0 radical (unpaired) electrons. The van der Waals surface area contributed by atoms with Gasteiger partial charge in [-0.15, -0.1) is 0 Å². The summed E-state index contributed by atoms with van der Waals surface area (Å²) in [5, 5.41) is 5.10. The zero-order chi connectivity index (χ0) is 19.1. The van der Waals surface area contributed by atoms with Crippen LogP contribution >= 0.6 is 0 Å². The highest BCUT2D eigenvalue weighted by molar-refractivity contribution is 5.67. The molecule has 0 aromatic carbocycles. The van der Waals surface area contributed by atoms with E-state index in [1.807, 2.05) is 6.92 Å². The van der Waals surface area contributed by atoms with Gasteiger partial charge < -0.3 is 20.3 Å². The number of carbonyl (C=O) groups excluding carboxylic acids is 1. The van der Waals surface area contributed by atoms with Gasteiger partial charge in [0, 0.05) is 6.04 Å². The van der Waals surface area contributed by atoms with Crippen LogP contribution in [0.4, 0.5) is 13.6 Å². The Bertz CT molecular complexity index is 406. The molecule has 25 heavy (non-hydrogen) atoms. The predicted octanol–water partition coefficient (Wildman–Crippen LogP) is 3.25. The highest BCUT2D eigenvalue weighted by Gasteiger charge is 2.32. The Morgan fingerprint density at radius 3 is 2.36 bits per heavy atom. The van der Waals surface area contributed by atoms with Crippen LogP contribution in [0.3, 0.4) is 0 Å². The smallest absolute Gasteiger partial charge is 0.407 e. The van der Waals surface area contributed by atoms with Gasteiger partial charge in [-0.05, 0) is 72.5 Å². The van der Waals surface area contributed by atoms with Crippen LogP contribution in [0.15, 0.2) is 0 Å². The summed E-state index contributed by atoms with van der Waals surface area (Å²) in [5.41, 5.74) is -0.696. The summed E-state index contributed by atoms with van der Waals surface area (Å²) >= 11 is 0. The van der Waals surface area contributed by atoms with Crippen LogP contribution in [-0.2, 0) is 4.74 Å². The minimum atomic E-state index is -3.01. The second kappa shape index (κ2) is 9.67. The average molecular weight is 363 g/mol. The number of alkyl halides is 2. The average Bonchev–Trinajstić information content (AvgIpc) is 2.50. The molecular formula is C18H35F2N3O2. The van der Waals surface area contributed by atoms with Crippen molar-refractivity contribution in [1.29, 1.82) is 0 Å². The number of carbonyl (C=O) groups is 1. The summed E-state index contributed by atoms with van der Waals surface area (Å²) in [6.45, 7) is 11.3. The summed E-state index contributed by atoms with van der Waals surface area (Å²) < 4.78 is 32.9. The number of hydrogen-bond acceptors (Lipinski definition) is 4. The Morgan fingerprint density at radius 2 is 1.84 bits per heavy atom. The first-order valence-corrected chi connectivity index (χ1v) is 9.33. The van der Waals surface area contributed by atoms with Crippen LogP contribution in [0.1, 0.15) is 53.9 Å². The summed E-state index contributed by atoms with van der Waals surface area (Å²) in [6, 6.07) is 0.0381. The topological polar surface area (TPSA) is 53.6 Å². The van der Waals surface area contributed by atoms with Gasteiger partial charge in [0.1, 0.15) is 5.60 Å². The molecule has 1 heterocycles. The highest BCUT2D eigenvalue weighted by Crippen LogP contribution is 2.21. The van der Waals surface area contributed by atoms with Gasteiger partial charge >= 0.3 is 6.09 Å². The Hall–Kier alpha value is -0.950. The van der Waals surface area contributed by atoms with Gasteiger partial charge in [-0.1, -0.05) is 6.92 Å². The molecule has 148 valence electrons. The van der Waals surface area contributed by atoms with Crippen LogP contribution in [-0.4, -0.2) is 61.3 Å². The molecule has 1 aliphatic rings. The standard InChI is InChI=1S/C18H35F2N3O2/c1-6-9-23-10-7-15(8-11-23)14(2)21-12-18(19,20)13-22-16(24)25-17(3,4)5/h14-15,21H,6-13H2,1-5H3,(H,22,24). The number of ether oxygens (including phenoxy) is 1. The van der Waals surface area contributed by atoms with Crippen LogP contribution < -0.4 is 10.6 Å². The van der Waals surface area contributed by atoms with E-state index in [0.717, 1.165) is 38.9 Å². The molecule has 0 spiro atoms. The molecule has 1 aliphatic heterocycles. The molecule has 1 atom stereocenters. The number of alkyl carbamates (subject to hydrolysis) is 1. The Balaban J connectivity index is 2.29. The largest absolute Gasteiger partial charge is 0.444 e. The van der Waals surface area contributed by atoms with Crippen molar-refractivity contribution in [3.8, 4) is 0 Å². The molecule has 0 aromatic heterocycles. The van der Waals surface area contributed by atoms with Crippen molar-refractivity contribution >= 4 is 6.09 Å². The number of rotatable bonds is 8. The fourth-order valence-corrected chi connectivity index (χ4v) is 3.05. The third-order valence-corrected chi connectivity index (χ3v) is 4.45. The van der Waals surface area contributed by atoms with Gasteiger partial charge in [0.15, 0.2) is 0 Å². The molecule has 1 fully saturated rings. The number of nitrogens with zero attached hydrogens (tertiary/aromatic N) is 1. The molecule has 0 bridgehead atoms. The van der Waals surface area contributed by atoms with Crippen molar-refractivity contribution in [2.24, 2.45) is 5.92 Å². The number of hydrogen-bond donors (Lipinski definition) is 2. The number of likely N-dealkylation sites (tertiary alicyclic amines) is 1. The van der Waals surface area contributed by atoms with E-state index in [4.69, 9.17) is 4.74 Å². The maximum Gasteiger partial charge on any atom is 0.407 e. The molecule has 0 aromatic rings. The molecule has 0 aliphatic carbocycles. The van der Waals surface area contributed by atoms with E-state index >= 15 is 0 Å². The minimum absolute atomic E-state index is 0.0381. The van der Waals surface area contributed by atoms with Crippen molar-refractivity contribution in [2.75, 3.05) is 32.7 Å². The molecule has 1 saturated heterocycles. The van der Waals surface area contributed by atoms with E-state index in [9.17, 15) is 13.6 Å². The van der Waals surface area contributed by atoms with Crippen molar-refractivity contribution in [1.82, 2.24) is 15.5 Å². The van der Waals surface area contributed by atoms with Crippen LogP contribution in [0, 0.1) is 5.92 Å². The molecule has 1 amide bonds. The Morgan fingerprint density at radius 1 is 1.24 bits per heavy atom. The number of amides is 1. The van der Waals surface area contributed by atoms with Crippen molar-refractivity contribution < 1.29 is 18.3 Å². The van der Waals surface area contributed by atoms with E-state index in [2.05, 4.69) is 22.5 Å². The third-order valence-electron chi connectivity index (χ3n) is 4.45. The van der Waals surface area contributed by atoms with E-state index in [0.29, 0.717) is 5.92 Å². The molecule has 5 nitrogen and oxygen atoms in total.